The Morgan fingerprint density at radius 1 is 0.935 bits per heavy atom. The summed E-state index contributed by atoms with van der Waals surface area (Å²) >= 11 is 1.50. The molecule has 0 aromatic heterocycles. The SMILES string of the molecule is O=C(CSc1ccccc1C(=O)NCC1CCCCC1)NC12CC3CC(CC(C3)C1)C2. The first-order valence-corrected chi connectivity index (χ1v) is 13.4. The molecule has 1 aromatic carbocycles. The van der Waals surface area contributed by atoms with Crippen molar-refractivity contribution < 1.29 is 9.59 Å². The summed E-state index contributed by atoms with van der Waals surface area (Å²) in [5.41, 5.74) is 0.759. The minimum Gasteiger partial charge on any atom is -0.352 e. The van der Waals surface area contributed by atoms with E-state index in [4.69, 9.17) is 0 Å². The molecule has 1 aromatic rings. The number of nitrogens with one attached hydrogen (secondary N) is 2. The van der Waals surface area contributed by atoms with E-state index in [-0.39, 0.29) is 17.4 Å². The molecule has 4 bridgehead atoms. The van der Waals surface area contributed by atoms with Crippen LogP contribution in [0.2, 0.25) is 0 Å². The van der Waals surface area contributed by atoms with Gasteiger partial charge in [-0.1, -0.05) is 31.4 Å². The van der Waals surface area contributed by atoms with Gasteiger partial charge in [-0.25, -0.2) is 0 Å². The molecule has 5 saturated carbocycles. The van der Waals surface area contributed by atoms with Gasteiger partial charge >= 0.3 is 0 Å². The molecule has 0 atom stereocenters. The van der Waals surface area contributed by atoms with Gasteiger partial charge in [0.1, 0.15) is 0 Å². The topological polar surface area (TPSA) is 58.2 Å². The average Bonchev–Trinajstić information content (AvgIpc) is 2.76. The third-order valence-electron chi connectivity index (χ3n) is 8.21. The molecule has 0 unspecified atom stereocenters. The van der Waals surface area contributed by atoms with Crippen LogP contribution in [0.1, 0.15) is 81.0 Å². The molecule has 4 nitrogen and oxygen atoms in total. The van der Waals surface area contributed by atoms with E-state index in [1.807, 2.05) is 24.3 Å². The van der Waals surface area contributed by atoms with Crippen molar-refractivity contribution in [1.29, 1.82) is 0 Å². The molecule has 0 aliphatic heterocycles. The van der Waals surface area contributed by atoms with Crippen LogP contribution < -0.4 is 10.6 Å². The summed E-state index contributed by atoms with van der Waals surface area (Å²) in [6.07, 6.45) is 14.0. The van der Waals surface area contributed by atoms with Gasteiger partial charge in [-0.2, -0.15) is 0 Å². The van der Waals surface area contributed by atoms with Gasteiger partial charge in [-0.15, -0.1) is 11.8 Å². The highest BCUT2D eigenvalue weighted by molar-refractivity contribution is 8.00. The lowest BCUT2D eigenvalue weighted by Gasteiger charge is -2.56. The van der Waals surface area contributed by atoms with Crippen molar-refractivity contribution >= 4 is 23.6 Å². The Kier molecular flexibility index (Phi) is 6.32. The third-order valence-corrected chi connectivity index (χ3v) is 9.28. The minimum atomic E-state index is -0.00448. The fourth-order valence-electron chi connectivity index (χ4n) is 7.24. The van der Waals surface area contributed by atoms with E-state index < -0.39 is 0 Å². The maximum absolute atomic E-state index is 12.9. The monoisotopic (exact) mass is 440 g/mol. The van der Waals surface area contributed by atoms with E-state index in [9.17, 15) is 9.59 Å². The van der Waals surface area contributed by atoms with Crippen LogP contribution in [0.5, 0.6) is 0 Å². The Hall–Kier alpha value is -1.49. The summed E-state index contributed by atoms with van der Waals surface area (Å²) in [4.78, 5) is 26.6. The lowest BCUT2D eigenvalue weighted by Crippen LogP contribution is -2.60. The van der Waals surface area contributed by atoms with Gasteiger partial charge in [0, 0.05) is 17.0 Å². The zero-order valence-electron chi connectivity index (χ0n) is 18.5. The van der Waals surface area contributed by atoms with E-state index in [2.05, 4.69) is 10.6 Å². The van der Waals surface area contributed by atoms with Crippen LogP contribution in [0.15, 0.2) is 29.2 Å². The summed E-state index contributed by atoms with van der Waals surface area (Å²) in [7, 11) is 0. The zero-order chi connectivity index (χ0) is 21.3. The Labute approximate surface area is 190 Å². The molecule has 0 saturated heterocycles. The second-order valence-electron chi connectivity index (χ2n) is 10.7. The van der Waals surface area contributed by atoms with Gasteiger partial charge < -0.3 is 10.6 Å². The molecule has 5 fully saturated rings. The van der Waals surface area contributed by atoms with Crippen molar-refractivity contribution in [3.05, 3.63) is 29.8 Å². The molecule has 2 amide bonds. The Bertz CT molecular complexity index is 782. The smallest absolute Gasteiger partial charge is 0.252 e. The largest absolute Gasteiger partial charge is 0.352 e. The maximum atomic E-state index is 12.9. The highest BCUT2D eigenvalue weighted by Gasteiger charge is 2.51. The highest BCUT2D eigenvalue weighted by Crippen LogP contribution is 2.55. The van der Waals surface area contributed by atoms with Crippen LogP contribution in [0, 0.1) is 23.7 Å². The molecule has 5 aliphatic carbocycles. The van der Waals surface area contributed by atoms with Crippen LogP contribution in [-0.2, 0) is 4.79 Å². The van der Waals surface area contributed by atoms with Gasteiger partial charge in [-0.3, -0.25) is 9.59 Å². The summed E-state index contributed by atoms with van der Waals surface area (Å²) in [5.74, 6) is 3.60. The first kappa shape index (κ1) is 21.4. The number of rotatable bonds is 7. The molecule has 5 aliphatic rings. The predicted molar refractivity (Wildman–Crippen MR) is 125 cm³/mol. The van der Waals surface area contributed by atoms with Crippen LogP contribution in [0.4, 0.5) is 0 Å². The average molecular weight is 441 g/mol. The van der Waals surface area contributed by atoms with Crippen LogP contribution in [0.25, 0.3) is 0 Å². The van der Waals surface area contributed by atoms with Crippen molar-refractivity contribution in [2.24, 2.45) is 23.7 Å². The molecular formula is C26H36N2O2S. The second kappa shape index (κ2) is 9.17. The standard InChI is InChI=1S/C26H36N2O2S/c29-24(28-26-13-19-10-20(14-26)12-21(11-19)15-26)17-31-23-9-5-4-8-22(23)25(30)27-16-18-6-2-1-3-7-18/h4-5,8-9,18-21H,1-3,6-7,10-17H2,(H,27,30)(H,28,29). The number of hydrogen-bond acceptors (Lipinski definition) is 3. The summed E-state index contributed by atoms with van der Waals surface area (Å²) in [6.45, 7) is 0.768. The van der Waals surface area contributed by atoms with Gasteiger partial charge in [0.2, 0.25) is 5.91 Å². The summed E-state index contributed by atoms with van der Waals surface area (Å²) < 4.78 is 0. The lowest BCUT2D eigenvalue weighted by molar-refractivity contribution is -0.124. The predicted octanol–water partition coefficient (Wildman–Crippen LogP) is 5.17. The molecule has 6 rings (SSSR count). The van der Waals surface area contributed by atoms with Gasteiger partial charge in [0.05, 0.1) is 11.3 Å². The van der Waals surface area contributed by atoms with Crippen molar-refractivity contribution in [2.75, 3.05) is 12.3 Å². The molecule has 0 heterocycles. The van der Waals surface area contributed by atoms with Crippen molar-refractivity contribution in [1.82, 2.24) is 10.6 Å². The first-order valence-electron chi connectivity index (χ1n) is 12.4. The molecular weight excluding hydrogens is 404 g/mol. The van der Waals surface area contributed by atoms with Crippen molar-refractivity contribution in [3.63, 3.8) is 0 Å². The first-order chi connectivity index (χ1) is 15.1. The van der Waals surface area contributed by atoms with E-state index in [0.717, 1.165) is 29.2 Å². The fraction of sp³-hybridized carbons (Fsp3) is 0.692. The normalized spacial score (nSPS) is 32.1. The number of carbonyl (C=O) groups is 2. The van der Waals surface area contributed by atoms with Gasteiger partial charge in [-0.05, 0) is 87.2 Å². The third kappa shape index (κ3) is 4.97. The molecule has 0 spiro atoms. The van der Waals surface area contributed by atoms with E-state index in [1.54, 1.807) is 0 Å². The van der Waals surface area contributed by atoms with Crippen molar-refractivity contribution in [3.8, 4) is 0 Å². The number of amides is 2. The van der Waals surface area contributed by atoms with E-state index >= 15 is 0 Å². The van der Waals surface area contributed by atoms with Gasteiger partial charge in [0.25, 0.3) is 5.91 Å². The molecule has 2 N–H and O–H groups in total. The molecule has 5 heteroatoms. The van der Waals surface area contributed by atoms with Crippen LogP contribution >= 0.6 is 11.8 Å². The number of hydrogen-bond donors (Lipinski definition) is 2. The Balaban J connectivity index is 1.15. The Morgan fingerprint density at radius 3 is 2.26 bits per heavy atom. The molecule has 0 radical (unpaired) electrons. The molecule has 31 heavy (non-hydrogen) atoms. The Morgan fingerprint density at radius 2 is 1.58 bits per heavy atom. The van der Waals surface area contributed by atoms with Crippen LogP contribution in [-0.4, -0.2) is 29.7 Å². The van der Waals surface area contributed by atoms with E-state index in [0.29, 0.717) is 17.2 Å². The minimum absolute atomic E-state index is 0.00448. The summed E-state index contributed by atoms with van der Waals surface area (Å²) in [6, 6.07) is 7.72. The number of carbonyl (C=O) groups excluding carboxylic acids is 2. The molecule has 168 valence electrons. The lowest BCUT2D eigenvalue weighted by atomic mass is 9.53. The zero-order valence-corrected chi connectivity index (χ0v) is 19.4. The quantitative estimate of drug-likeness (QED) is 0.575. The summed E-state index contributed by atoms with van der Waals surface area (Å²) in [5, 5.41) is 6.60. The highest BCUT2D eigenvalue weighted by atomic mass is 32.2. The van der Waals surface area contributed by atoms with Crippen molar-refractivity contribution in [2.45, 2.75) is 81.1 Å². The van der Waals surface area contributed by atoms with Gasteiger partial charge in [0.15, 0.2) is 0 Å². The number of benzene rings is 1. The van der Waals surface area contributed by atoms with E-state index in [1.165, 1.54) is 82.4 Å². The van der Waals surface area contributed by atoms with Crippen LogP contribution in [0.3, 0.4) is 0 Å². The number of thioether (sulfide) groups is 1. The fourth-order valence-corrected chi connectivity index (χ4v) is 8.09. The second-order valence-corrected chi connectivity index (χ2v) is 11.8. The maximum Gasteiger partial charge on any atom is 0.252 e.